The summed E-state index contributed by atoms with van der Waals surface area (Å²) in [5.41, 5.74) is 1.12. The molecule has 0 radical (unpaired) electrons. The van der Waals surface area contributed by atoms with Crippen LogP contribution in [0.1, 0.15) is 11.3 Å². The molecule has 0 amide bonds. The quantitative estimate of drug-likeness (QED) is 0.915. The lowest BCUT2D eigenvalue weighted by Gasteiger charge is -2.15. The van der Waals surface area contributed by atoms with E-state index in [1.165, 1.54) is 23.9 Å². The number of aromatic amines is 1. The van der Waals surface area contributed by atoms with Gasteiger partial charge in [0.15, 0.2) is 4.21 Å². The third-order valence-electron chi connectivity index (χ3n) is 2.41. The fraction of sp³-hybridized carbons (Fsp3) is 0.300. The number of rotatable bonds is 4. The topological polar surface area (TPSA) is 83.4 Å². The molecule has 18 heavy (non-hydrogen) atoms. The van der Waals surface area contributed by atoms with Gasteiger partial charge < -0.3 is 9.40 Å². The van der Waals surface area contributed by atoms with Crippen LogP contribution in [0.5, 0.6) is 0 Å². The number of hydrogen-bond acceptors (Lipinski definition) is 5. The predicted octanol–water partition coefficient (Wildman–Crippen LogP) is 1.16. The highest BCUT2D eigenvalue weighted by Crippen LogP contribution is 2.21. The molecule has 0 aliphatic carbocycles. The minimum atomic E-state index is -3.65. The van der Waals surface area contributed by atoms with Crippen LogP contribution < -0.4 is 4.87 Å². The lowest BCUT2D eigenvalue weighted by molar-refractivity contribution is 0.464. The van der Waals surface area contributed by atoms with Gasteiger partial charge in [0.25, 0.3) is 10.0 Å². The molecular weight excluding hydrogens is 276 g/mol. The van der Waals surface area contributed by atoms with Crippen molar-refractivity contribution in [2.45, 2.75) is 17.7 Å². The second-order valence-corrected chi connectivity index (χ2v) is 7.04. The van der Waals surface area contributed by atoms with Gasteiger partial charge in [0.1, 0.15) is 0 Å². The van der Waals surface area contributed by atoms with Crippen LogP contribution in [-0.2, 0) is 16.6 Å². The fourth-order valence-electron chi connectivity index (χ4n) is 1.50. The molecular formula is C10H12N2O4S2. The van der Waals surface area contributed by atoms with Gasteiger partial charge in [0.2, 0.25) is 0 Å². The smallest absolute Gasteiger partial charge is 0.305 e. The van der Waals surface area contributed by atoms with Crippen LogP contribution in [0.2, 0.25) is 0 Å². The lowest BCUT2D eigenvalue weighted by Crippen LogP contribution is -2.26. The van der Waals surface area contributed by atoms with Crippen molar-refractivity contribution in [3.63, 3.8) is 0 Å². The van der Waals surface area contributed by atoms with Gasteiger partial charge in [-0.1, -0.05) is 11.3 Å². The third-order valence-corrected chi connectivity index (χ3v) is 5.80. The normalized spacial score (nSPS) is 12.2. The standard InChI is InChI=1S/C10H12N2O4S2/c1-7-9(17-10(13)11-7)18(14,15)12(2)5-8-3-4-16-6-8/h3-4,6H,5H2,1-2H3,(H,11,13). The van der Waals surface area contributed by atoms with Crippen molar-refractivity contribution in [1.29, 1.82) is 0 Å². The van der Waals surface area contributed by atoms with Crippen molar-refractivity contribution in [2.24, 2.45) is 0 Å². The van der Waals surface area contributed by atoms with Crippen LogP contribution in [0, 0.1) is 6.92 Å². The van der Waals surface area contributed by atoms with Gasteiger partial charge in [-0.05, 0) is 13.0 Å². The Morgan fingerprint density at radius 2 is 2.22 bits per heavy atom. The van der Waals surface area contributed by atoms with E-state index in [1.807, 2.05) is 0 Å². The Balaban J connectivity index is 2.31. The monoisotopic (exact) mass is 288 g/mol. The Kier molecular flexibility index (Phi) is 3.42. The molecule has 2 rings (SSSR count). The van der Waals surface area contributed by atoms with E-state index in [4.69, 9.17) is 4.42 Å². The van der Waals surface area contributed by atoms with Crippen molar-refractivity contribution in [1.82, 2.24) is 9.29 Å². The second kappa shape index (κ2) is 4.71. The number of sulfonamides is 1. The summed E-state index contributed by atoms with van der Waals surface area (Å²) in [6.07, 6.45) is 2.97. The molecule has 0 atom stereocenters. The molecule has 0 aliphatic heterocycles. The SMILES string of the molecule is Cc1[nH]c(=O)sc1S(=O)(=O)N(C)Cc1ccoc1. The lowest BCUT2D eigenvalue weighted by atomic mass is 10.3. The summed E-state index contributed by atoms with van der Waals surface area (Å²) in [6, 6.07) is 1.69. The van der Waals surface area contributed by atoms with Crippen molar-refractivity contribution >= 4 is 21.4 Å². The average molecular weight is 288 g/mol. The van der Waals surface area contributed by atoms with Crippen molar-refractivity contribution in [2.75, 3.05) is 7.05 Å². The maximum atomic E-state index is 12.2. The molecule has 98 valence electrons. The molecule has 2 aromatic heterocycles. The number of hydrogen-bond donors (Lipinski definition) is 1. The van der Waals surface area contributed by atoms with E-state index in [9.17, 15) is 13.2 Å². The maximum Gasteiger partial charge on any atom is 0.305 e. The molecule has 1 N–H and O–H groups in total. The Morgan fingerprint density at radius 3 is 2.72 bits per heavy atom. The molecule has 0 saturated carbocycles. The van der Waals surface area contributed by atoms with E-state index >= 15 is 0 Å². The molecule has 0 bridgehead atoms. The summed E-state index contributed by atoms with van der Waals surface area (Å²) < 4.78 is 30.6. The fourth-order valence-corrected chi connectivity index (χ4v) is 4.15. The van der Waals surface area contributed by atoms with Gasteiger partial charge in [-0.25, -0.2) is 8.42 Å². The molecule has 0 unspecified atom stereocenters. The highest BCUT2D eigenvalue weighted by Gasteiger charge is 2.25. The molecule has 2 heterocycles. The zero-order valence-corrected chi connectivity index (χ0v) is 11.5. The first-order chi connectivity index (χ1) is 8.41. The van der Waals surface area contributed by atoms with Crippen LogP contribution >= 0.6 is 11.3 Å². The number of aromatic nitrogens is 1. The summed E-state index contributed by atoms with van der Waals surface area (Å²) in [5, 5.41) is 0. The van der Waals surface area contributed by atoms with Crippen LogP contribution in [0.3, 0.4) is 0 Å². The molecule has 6 nitrogen and oxygen atoms in total. The van der Waals surface area contributed by atoms with E-state index in [-0.39, 0.29) is 15.6 Å². The summed E-state index contributed by atoms with van der Waals surface area (Å²) >= 11 is 0.698. The number of H-pyrrole nitrogens is 1. The van der Waals surface area contributed by atoms with E-state index in [1.54, 1.807) is 13.0 Å². The predicted molar refractivity (Wildman–Crippen MR) is 67.0 cm³/mol. The molecule has 0 saturated heterocycles. The first kappa shape index (κ1) is 13.1. The maximum absolute atomic E-state index is 12.2. The Labute approximate surface area is 108 Å². The van der Waals surface area contributed by atoms with Gasteiger partial charge in [-0.3, -0.25) is 4.79 Å². The van der Waals surface area contributed by atoms with E-state index < -0.39 is 10.0 Å². The number of thiazole rings is 1. The second-order valence-electron chi connectivity index (χ2n) is 3.82. The molecule has 2 aromatic rings. The van der Waals surface area contributed by atoms with Crippen LogP contribution in [0.25, 0.3) is 0 Å². The first-order valence-electron chi connectivity index (χ1n) is 5.08. The summed E-state index contributed by atoms with van der Waals surface area (Å²) in [6.45, 7) is 1.76. The Bertz CT molecular complexity index is 682. The van der Waals surface area contributed by atoms with Crippen LogP contribution in [-0.4, -0.2) is 24.8 Å². The molecule has 0 aromatic carbocycles. The number of nitrogens with zero attached hydrogens (tertiary/aromatic N) is 1. The van der Waals surface area contributed by atoms with Gasteiger partial charge in [-0.15, -0.1) is 0 Å². The number of aryl methyl sites for hydroxylation is 1. The van der Waals surface area contributed by atoms with E-state index in [0.29, 0.717) is 17.0 Å². The third kappa shape index (κ3) is 2.40. The first-order valence-corrected chi connectivity index (χ1v) is 7.34. The Hall–Kier alpha value is -1.38. The zero-order valence-electron chi connectivity index (χ0n) is 9.84. The van der Waals surface area contributed by atoms with Gasteiger partial charge in [-0.2, -0.15) is 4.31 Å². The summed E-state index contributed by atoms with van der Waals surface area (Å²) in [4.78, 5) is 13.3. The van der Waals surface area contributed by atoms with Crippen molar-refractivity contribution in [3.05, 3.63) is 39.5 Å². The zero-order chi connectivity index (χ0) is 13.3. The summed E-state index contributed by atoms with van der Waals surface area (Å²) in [7, 11) is -2.18. The average Bonchev–Trinajstić information content (AvgIpc) is 2.88. The van der Waals surface area contributed by atoms with Crippen molar-refractivity contribution < 1.29 is 12.8 Å². The van der Waals surface area contributed by atoms with Gasteiger partial charge in [0, 0.05) is 24.8 Å². The number of nitrogens with one attached hydrogen (secondary N) is 1. The summed E-state index contributed by atoms with van der Waals surface area (Å²) in [5.74, 6) is 0. The van der Waals surface area contributed by atoms with E-state index in [0.717, 1.165) is 5.56 Å². The highest BCUT2D eigenvalue weighted by atomic mass is 32.2. The molecule has 0 spiro atoms. The van der Waals surface area contributed by atoms with Crippen molar-refractivity contribution in [3.8, 4) is 0 Å². The van der Waals surface area contributed by atoms with E-state index in [2.05, 4.69) is 4.98 Å². The van der Waals surface area contributed by atoms with Gasteiger partial charge >= 0.3 is 4.87 Å². The molecule has 8 heteroatoms. The number of furan rings is 1. The molecule has 0 fully saturated rings. The highest BCUT2D eigenvalue weighted by molar-refractivity contribution is 7.91. The minimum Gasteiger partial charge on any atom is -0.472 e. The largest absolute Gasteiger partial charge is 0.472 e. The Morgan fingerprint density at radius 1 is 1.50 bits per heavy atom. The van der Waals surface area contributed by atoms with Crippen LogP contribution in [0.4, 0.5) is 0 Å². The van der Waals surface area contributed by atoms with Crippen LogP contribution in [0.15, 0.2) is 32.0 Å². The van der Waals surface area contributed by atoms with Gasteiger partial charge in [0.05, 0.1) is 12.5 Å². The molecule has 0 aliphatic rings. The minimum absolute atomic E-state index is 0.0542.